The molecule has 3 aromatic rings. The lowest BCUT2D eigenvalue weighted by Gasteiger charge is -2.35. The molecule has 0 bridgehead atoms. The summed E-state index contributed by atoms with van der Waals surface area (Å²) in [5, 5.41) is 11.3. The molecule has 0 saturated carbocycles. The number of hydrogen-bond donors (Lipinski definition) is 1. The molecule has 4 nitrogen and oxygen atoms in total. The summed E-state index contributed by atoms with van der Waals surface area (Å²) in [5.74, 6) is 0.684. The van der Waals surface area contributed by atoms with E-state index in [1.165, 1.54) is 6.07 Å². The number of aliphatic hydroxyl groups is 1. The van der Waals surface area contributed by atoms with Gasteiger partial charge in [0, 0.05) is 43.7 Å². The first-order chi connectivity index (χ1) is 13.7. The molecule has 0 unspecified atom stereocenters. The number of nitrogens with zero attached hydrogens (tertiary/aromatic N) is 3. The highest BCUT2D eigenvalue weighted by Crippen LogP contribution is 2.31. The van der Waals surface area contributed by atoms with Crippen LogP contribution in [0, 0.1) is 5.82 Å². The summed E-state index contributed by atoms with van der Waals surface area (Å²) >= 11 is 0. The van der Waals surface area contributed by atoms with E-state index in [9.17, 15) is 4.39 Å². The largest absolute Gasteiger partial charge is 0.396 e. The number of anilines is 1. The topological polar surface area (TPSA) is 39.6 Å². The second-order valence-electron chi connectivity index (χ2n) is 7.25. The first-order valence-electron chi connectivity index (χ1n) is 9.96. The molecule has 2 heterocycles. The Labute approximate surface area is 189 Å². The number of benzene rings is 2. The van der Waals surface area contributed by atoms with Crippen LogP contribution in [-0.4, -0.2) is 54.3 Å². The van der Waals surface area contributed by atoms with E-state index in [1.54, 1.807) is 6.07 Å². The summed E-state index contributed by atoms with van der Waals surface area (Å²) in [6.07, 6.45) is 0.324. The smallest absolute Gasteiger partial charge is 0.137 e. The van der Waals surface area contributed by atoms with Crippen LogP contribution in [-0.2, 0) is 6.42 Å². The Bertz CT molecular complexity index is 978. The van der Waals surface area contributed by atoms with Crippen LogP contribution in [0.2, 0.25) is 0 Å². The van der Waals surface area contributed by atoms with Gasteiger partial charge in [0.15, 0.2) is 0 Å². The molecule has 1 fully saturated rings. The summed E-state index contributed by atoms with van der Waals surface area (Å²) in [5.41, 5.74) is 2.07. The van der Waals surface area contributed by atoms with Crippen molar-refractivity contribution in [2.75, 3.05) is 44.2 Å². The van der Waals surface area contributed by atoms with Gasteiger partial charge in [-0.25, -0.2) is 9.37 Å². The predicted molar refractivity (Wildman–Crippen MR) is 127 cm³/mol. The average Bonchev–Trinajstić information content (AvgIpc) is 2.74. The van der Waals surface area contributed by atoms with Gasteiger partial charge in [-0.1, -0.05) is 43.3 Å². The van der Waals surface area contributed by atoms with E-state index >= 15 is 0 Å². The van der Waals surface area contributed by atoms with Crippen molar-refractivity contribution in [1.29, 1.82) is 0 Å². The number of piperazine rings is 1. The lowest BCUT2D eigenvalue weighted by atomic mass is 10.0. The fourth-order valence-electron chi connectivity index (χ4n) is 3.88. The first kappa shape index (κ1) is 24.4. The number of likely N-dealkylation sites (N-methyl/N-ethyl adjacent to an activating group) is 1. The van der Waals surface area contributed by atoms with E-state index in [-0.39, 0.29) is 37.2 Å². The summed E-state index contributed by atoms with van der Waals surface area (Å²) in [4.78, 5) is 9.74. The molecular formula is C23H28Cl2FN3O. The van der Waals surface area contributed by atoms with Crippen molar-refractivity contribution in [2.45, 2.75) is 13.3 Å². The Morgan fingerprint density at radius 2 is 1.73 bits per heavy atom. The molecule has 1 aromatic heterocycles. The molecule has 7 heteroatoms. The molecule has 30 heavy (non-hydrogen) atoms. The van der Waals surface area contributed by atoms with Crippen molar-refractivity contribution in [2.24, 2.45) is 0 Å². The normalized spacial score (nSPS) is 14.3. The number of aromatic nitrogens is 1. The minimum atomic E-state index is -0.292. The van der Waals surface area contributed by atoms with Crippen molar-refractivity contribution < 1.29 is 9.50 Å². The summed E-state index contributed by atoms with van der Waals surface area (Å²) in [6, 6.07) is 15.5. The lowest BCUT2D eigenvalue weighted by Crippen LogP contribution is -2.46. The third-order valence-electron chi connectivity index (χ3n) is 5.57. The molecule has 1 aliphatic heterocycles. The van der Waals surface area contributed by atoms with Crippen molar-refractivity contribution in [3.05, 3.63) is 59.9 Å². The number of rotatable bonds is 5. The minimum Gasteiger partial charge on any atom is -0.396 e. The molecular weight excluding hydrogens is 424 g/mol. The summed E-state index contributed by atoms with van der Waals surface area (Å²) in [7, 11) is 0. The molecule has 0 radical (unpaired) electrons. The van der Waals surface area contributed by atoms with Crippen molar-refractivity contribution in [3.8, 4) is 11.3 Å². The van der Waals surface area contributed by atoms with Crippen LogP contribution in [0.25, 0.3) is 22.0 Å². The first-order valence-corrected chi connectivity index (χ1v) is 9.96. The third-order valence-corrected chi connectivity index (χ3v) is 5.57. The molecule has 0 amide bonds. The molecule has 2 aromatic carbocycles. The number of hydrogen-bond acceptors (Lipinski definition) is 4. The van der Waals surface area contributed by atoms with Gasteiger partial charge in [0.25, 0.3) is 0 Å². The Hall–Kier alpha value is -1.92. The zero-order valence-electron chi connectivity index (χ0n) is 17.1. The minimum absolute atomic E-state index is 0. The van der Waals surface area contributed by atoms with Gasteiger partial charge >= 0.3 is 0 Å². The van der Waals surface area contributed by atoms with E-state index in [4.69, 9.17) is 10.1 Å². The molecule has 1 saturated heterocycles. The van der Waals surface area contributed by atoms with Crippen LogP contribution in [0.15, 0.2) is 48.5 Å². The molecule has 1 aliphatic rings. The van der Waals surface area contributed by atoms with Crippen LogP contribution < -0.4 is 4.90 Å². The van der Waals surface area contributed by atoms with E-state index in [0.717, 1.165) is 60.6 Å². The SMILES string of the molecule is CCN1CCN(c2nc(-c3ccc(CCO)c(F)c3)cc3ccccc23)CC1.Cl.Cl. The highest BCUT2D eigenvalue weighted by molar-refractivity contribution is 5.95. The second-order valence-corrected chi connectivity index (χ2v) is 7.25. The quantitative estimate of drug-likeness (QED) is 0.616. The maximum atomic E-state index is 14.4. The molecule has 4 rings (SSSR count). The van der Waals surface area contributed by atoms with Crippen LogP contribution in [0.3, 0.4) is 0 Å². The van der Waals surface area contributed by atoms with E-state index in [2.05, 4.69) is 28.9 Å². The van der Waals surface area contributed by atoms with Crippen LogP contribution >= 0.6 is 24.8 Å². The van der Waals surface area contributed by atoms with Gasteiger partial charge in [0.1, 0.15) is 11.6 Å². The summed E-state index contributed by atoms with van der Waals surface area (Å²) in [6.45, 7) is 7.15. The fourth-order valence-corrected chi connectivity index (χ4v) is 3.88. The van der Waals surface area contributed by atoms with Crippen molar-refractivity contribution >= 4 is 41.4 Å². The van der Waals surface area contributed by atoms with Gasteiger partial charge in [-0.15, -0.1) is 24.8 Å². The highest BCUT2D eigenvalue weighted by atomic mass is 35.5. The Morgan fingerprint density at radius 3 is 2.40 bits per heavy atom. The van der Waals surface area contributed by atoms with Gasteiger partial charge in [-0.3, -0.25) is 0 Å². The highest BCUT2D eigenvalue weighted by Gasteiger charge is 2.20. The number of halogens is 3. The average molecular weight is 452 g/mol. The molecule has 0 spiro atoms. The zero-order valence-corrected chi connectivity index (χ0v) is 18.7. The molecule has 162 valence electrons. The second kappa shape index (κ2) is 10.9. The van der Waals surface area contributed by atoms with Gasteiger partial charge in [-0.05, 0) is 36.0 Å². The van der Waals surface area contributed by atoms with E-state index < -0.39 is 0 Å². The molecule has 1 N–H and O–H groups in total. The Morgan fingerprint density at radius 1 is 1.00 bits per heavy atom. The standard InChI is InChI=1S/C23H26FN3O.2ClH/c1-2-26-10-12-27(13-11-26)23-20-6-4-3-5-18(20)16-22(25-23)19-8-7-17(9-14-28)21(24)15-19;;/h3-8,15-16,28H,2,9-14H2,1H3;2*1H. The van der Waals surface area contributed by atoms with E-state index in [0.29, 0.717) is 12.0 Å². The van der Waals surface area contributed by atoms with Gasteiger partial charge < -0.3 is 14.9 Å². The zero-order chi connectivity index (χ0) is 19.5. The Balaban J connectivity index is 0.00000160. The van der Waals surface area contributed by atoms with Gasteiger partial charge in [-0.2, -0.15) is 0 Å². The van der Waals surface area contributed by atoms with Crippen molar-refractivity contribution in [1.82, 2.24) is 9.88 Å². The maximum absolute atomic E-state index is 14.4. The van der Waals surface area contributed by atoms with Gasteiger partial charge in [0.05, 0.1) is 5.69 Å². The maximum Gasteiger partial charge on any atom is 0.137 e. The summed E-state index contributed by atoms with van der Waals surface area (Å²) < 4.78 is 14.4. The molecule has 0 atom stereocenters. The number of pyridine rings is 1. The third kappa shape index (κ3) is 5.03. The van der Waals surface area contributed by atoms with E-state index in [1.807, 2.05) is 24.3 Å². The van der Waals surface area contributed by atoms with Crippen molar-refractivity contribution in [3.63, 3.8) is 0 Å². The Kier molecular flexibility index (Phi) is 8.86. The predicted octanol–water partition coefficient (Wildman–Crippen LogP) is 4.56. The number of fused-ring (bicyclic) bond motifs is 1. The fraction of sp³-hybridized carbons (Fsp3) is 0.348. The van der Waals surface area contributed by atoms with Crippen LogP contribution in [0.4, 0.5) is 10.2 Å². The van der Waals surface area contributed by atoms with Crippen LogP contribution in [0.1, 0.15) is 12.5 Å². The molecule has 0 aliphatic carbocycles. The lowest BCUT2D eigenvalue weighted by molar-refractivity contribution is 0.271. The monoisotopic (exact) mass is 451 g/mol. The van der Waals surface area contributed by atoms with Gasteiger partial charge in [0.2, 0.25) is 0 Å². The van der Waals surface area contributed by atoms with Crippen LogP contribution in [0.5, 0.6) is 0 Å². The number of aliphatic hydroxyl groups excluding tert-OH is 1.